The molecule has 30 valence electrons. The van der Waals surface area contributed by atoms with Crippen LogP contribution in [0, 0.1) is 5.21 Å². The van der Waals surface area contributed by atoms with Crippen molar-refractivity contribution < 1.29 is 4.74 Å². The number of rotatable bonds is 0. The minimum atomic E-state index is 0.750. The summed E-state index contributed by atoms with van der Waals surface area (Å²) in [5.41, 5.74) is 0. The van der Waals surface area contributed by atoms with Crippen molar-refractivity contribution in [3.05, 3.63) is 5.21 Å². The molecule has 0 aromatic rings. The molecule has 5 heavy (non-hydrogen) atoms. The Bertz CT molecular complexity index is 44.9. The summed E-state index contributed by atoms with van der Waals surface area (Å²) in [5, 5.41) is 9.67. The number of hydroxylamine groups is 1. The van der Waals surface area contributed by atoms with Crippen LogP contribution in [0.3, 0.4) is 0 Å². The summed E-state index contributed by atoms with van der Waals surface area (Å²) in [6.45, 7) is 1.69. The molecule has 0 aliphatic carbocycles. The normalized spacial score (nSPS) is 12.0. The second-order valence-electron chi connectivity index (χ2n) is 0.804. The lowest BCUT2D eigenvalue weighted by Gasteiger charge is -1.86. The molecule has 0 unspecified atom stereocenters. The maximum Gasteiger partial charge on any atom is 0.147 e. The summed E-state index contributed by atoms with van der Waals surface area (Å²) in [7, 11) is 1.44. The Hall–Kier alpha value is -0.530. The third-order valence-electron chi connectivity index (χ3n) is 0.364. The van der Waals surface area contributed by atoms with Crippen LogP contribution in [0.25, 0.3) is 0 Å². The van der Waals surface area contributed by atoms with Gasteiger partial charge in [-0.2, -0.15) is 0 Å². The topological polar surface area (TPSA) is 26.1 Å². The highest BCUT2D eigenvalue weighted by Gasteiger charge is 1.57. The summed E-state index contributed by atoms with van der Waals surface area (Å²) in [6.07, 6.45) is 1.44. The number of nitrogens with zero attached hydrogens (tertiary/aromatic N) is 1. The molecule has 2 nitrogen and oxygen atoms in total. The van der Waals surface area contributed by atoms with E-state index in [0.717, 1.165) is 4.74 Å². The van der Waals surface area contributed by atoms with Crippen molar-refractivity contribution >= 4 is 6.21 Å². The zero-order chi connectivity index (χ0) is 4.28. The van der Waals surface area contributed by atoms with Gasteiger partial charge in [-0.3, -0.25) is 0 Å². The maximum atomic E-state index is 9.67. The average molecular weight is 73.1 g/mol. The van der Waals surface area contributed by atoms with Crippen LogP contribution in [0.15, 0.2) is 0 Å². The second kappa shape index (κ2) is 1.76. The van der Waals surface area contributed by atoms with Gasteiger partial charge < -0.3 is 5.21 Å². The molecule has 0 atom stereocenters. The predicted molar refractivity (Wildman–Crippen MR) is 21.3 cm³/mol. The molecule has 0 N–H and O–H groups in total. The molecule has 2 heteroatoms. The first-order chi connectivity index (χ1) is 2.27. The quantitative estimate of drug-likeness (QED) is 0.174. The third-order valence-corrected chi connectivity index (χ3v) is 0.364. The molecule has 0 aliphatic heterocycles. The van der Waals surface area contributed by atoms with Crippen LogP contribution in [0.2, 0.25) is 0 Å². The summed E-state index contributed by atoms with van der Waals surface area (Å²) >= 11 is 0. The first-order valence-corrected chi connectivity index (χ1v) is 1.47. The van der Waals surface area contributed by atoms with Crippen molar-refractivity contribution in [2.24, 2.45) is 0 Å². The molecule has 0 spiro atoms. The van der Waals surface area contributed by atoms with Crippen LogP contribution in [0.5, 0.6) is 0 Å². The van der Waals surface area contributed by atoms with Crippen LogP contribution in [-0.2, 0) is 0 Å². The predicted octanol–water partition coefficient (Wildman–Crippen LogP) is 0.217. The van der Waals surface area contributed by atoms with E-state index < -0.39 is 0 Å². The second-order valence-corrected chi connectivity index (χ2v) is 0.804. The molecule has 0 heterocycles. The highest BCUT2D eigenvalue weighted by atomic mass is 16.5. The monoisotopic (exact) mass is 73.1 g/mol. The fraction of sp³-hybridized carbons (Fsp3) is 0.667. The maximum absolute atomic E-state index is 9.67. The van der Waals surface area contributed by atoms with Crippen LogP contribution in [-0.4, -0.2) is 18.0 Å². The molecule has 0 rings (SSSR count). The largest absolute Gasteiger partial charge is 0.624 e. The Kier molecular flexibility index (Phi) is 1.57. The number of hydrogen-bond acceptors (Lipinski definition) is 1. The van der Waals surface area contributed by atoms with Gasteiger partial charge in [-0.25, -0.2) is 4.74 Å². The first kappa shape index (κ1) is 4.47. The molecule has 0 fully saturated rings. The molecule has 0 aromatic heterocycles. The van der Waals surface area contributed by atoms with Crippen LogP contribution >= 0.6 is 0 Å². The van der Waals surface area contributed by atoms with E-state index in [4.69, 9.17) is 0 Å². The van der Waals surface area contributed by atoms with Gasteiger partial charge in [-0.15, -0.1) is 0 Å². The summed E-state index contributed by atoms with van der Waals surface area (Å²) in [6, 6.07) is 0. The van der Waals surface area contributed by atoms with Gasteiger partial charge in [0.2, 0.25) is 0 Å². The van der Waals surface area contributed by atoms with Crippen molar-refractivity contribution in [2.45, 2.75) is 6.92 Å². The van der Waals surface area contributed by atoms with Crippen molar-refractivity contribution in [2.75, 3.05) is 7.05 Å². The minimum absolute atomic E-state index is 0.750. The summed E-state index contributed by atoms with van der Waals surface area (Å²) in [5.74, 6) is 0. The van der Waals surface area contributed by atoms with Gasteiger partial charge in [-0.1, -0.05) is 0 Å². The van der Waals surface area contributed by atoms with Gasteiger partial charge in [0.05, 0.1) is 0 Å². The van der Waals surface area contributed by atoms with E-state index in [0.29, 0.717) is 0 Å². The van der Waals surface area contributed by atoms with Crippen molar-refractivity contribution in [3.63, 3.8) is 0 Å². The smallest absolute Gasteiger partial charge is 0.147 e. The Morgan fingerprint density at radius 1 is 1.80 bits per heavy atom. The van der Waals surface area contributed by atoms with Gasteiger partial charge in [-0.05, 0) is 0 Å². The van der Waals surface area contributed by atoms with Gasteiger partial charge in [0, 0.05) is 6.92 Å². The minimum Gasteiger partial charge on any atom is -0.624 e. The Morgan fingerprint density at radius 3 is 2.00 bits per heavy atom. The highest BCUT2D eigenvalue weighted by molar-refractivity contribution is 5.46. The first-order valence-electron chi connectivity index (χ1n) is 1.47. The highest BCUT2D eigenvalue weighted by Crippen LogP contribution is 1.47. The molecular weight excluding hydrogens is 66.0 g/mol. The van der Waals surface area contributed by atoms with E-state index in [9.17, 15) is 5.21 Å². The molecule has 0 amide bonds. The van der Waals surface area contributed by atoms with Gasteiger partial charge in [0.15, 0.2) is 0 Å². The average Bonchev–Trinajstić information content (AvgIpc) is 1.38. The lowest BCUT2D eigenvalue weighted by Crippen LogP contribution is -1.89. The zero-order valence-electron chi connectivity index (χ0n) is 3.43. The zero-order valence-corrected chi connectivity index (χ0v) is 3.43. The van der Waals surface area contributed by atoms with E-state index in [1.807, 2.05) is 0 Å². The Morgan fingerprint density at radius 2 is 2.00 bits per heavy atom. The van der Waals surface area contributed by atoms with Gasteiger partial charge in [0.1, 0.15) is 13.3 Å². The molecule has 0 saturated heterocycles. The van der Waals surface area contributed by atoms with E-state index in [-0.39, 0.29) is 0 Å². The van der Waals surface area contributed by atoms with E-state index in [1.165, 1.54) is 13.3 Å². The van der Waals surface area contributed by atoms with Crippen molar-refractivity contribution in [1.29, 1.82) is 0 Å². The number of hydrogen-bond donors (Lipinski definition) is 0. The van der Waals surface area contributed by atoms with Crippen LogP contribution < -0.4 is 0 Å². The molecule has 0 radical (unpaired) electrons. The fourth-order valence-corrected chi connectivity index (χ4v) is 0. The lowest BCUT2D eigenvalue weighted by atomic mass is 10.9. The summed E-state index contributed by atoms with van der Waals surface area (Å²) in [4.78, 5) is 0. The third kappa shape index (κ3) is 3.47. The fourth-order valence-electron chi connectivity index (χ4n) is 0. The van der Waals surface area contributed by atoms with Crippen LogP contribution in [0.4, 0.5) is 0 Å². The van der Waals surface area contributed by atoms with Crippen molar-refractivity contribution in [1.82, 2.24) is 0 Å². The SMILES string of the molecule is CC=[N+](C)[O-]. The van der Waals surface area contributed by atoms with E-state index in [1.54, 1.807) is 6.92 Å². The molecule has 0 aromatic carbocycles. The van der Waals surface area contributed by atoms with Crippen LogP contribution in [0.1, 0.15) is 6.92 Å². The van der Waals surface area contributed by atoms with Gasteiger partial charge >= 0.3 is 0 Å². The summed E-state index contributed by atoms with van der Waals surface area (Å²) < 4.78 is 0.750. The Labute approximate surface area is 31.3 Å². The molecular formula is C3H7NO. The molecule has 0 bridgehead atoms. The van der Waals surface area contributed by atoms with E-state index >= 15 is 0 Å². The molecule has 0 aliphatic rings. The van der Waals surface area contributed by atoms with E-state index in [2.05, 4.69) is 0 Å². The Balaban J connectivity index is 3.14. The van der Waals surface area contributed by atoms with Gasteiger partial charge in [0.25, 0.3) is 0 Å². The molecule has 0 saturated carbocycles. The standard InChI is InChI=1S/C3H7NO/c1-3-4(2)5/h3H,1-2H3. The lowest BCUT2D eigenvalue weighted by molar-refractivity contribution is -0.417. The van der Waals surface area contributed by atoms with Crippen molar-refractivity contribution in [3.8, 4) is 0 Å².